The third kappa shape index (κ3) is 5.33. The molecule has 0 fully saturated rings. The van der Waals surface area contributed by atoms with E-state index in [0.717, 1.165) is 5.57 Å². The summed E-state index contributed by atoms with van der Waals surface area (Å²) >= 11 is 0. The van der Waals surface area contributed by atoms with E-state index in [9.17, 15) is 9.59 Å². The first-order valence-corrected chi connectivity index (χ1v) is 3.31. The fraction of sp³-hybridized carbons (Fsp3) is 0.500. The van der Waals surface area contributed by atoms with Gasteiger partial charge in [0.1, 0.15) is 5.78 Å². The van der Waals surface area contributed by atoms with Crippen molar-refractivity contribution >= 4 is 11.8 Å². The first-order valence-electron chi connectivity index (χ1n) is 3.31. The van der Waals surface area contributed by atoms with Crippen LogP contribution < -0.4 is 0 Å². The summed E-state index contributed by atoms with van der Waals surface area (Å²) in [5.74, 6) is -0.369. The van der Waals surface area contributed by atoms with Crippen molar-refractivity contribution in [3.63, 3.8) is 0 Å². The van der Waals surface area contributed by atoms with Crippen molar-refractivity contribution in [2.75, 3.05) is 7.11 Å². The Morgan fingerprint density at radius 2 is 1.91 bits per heavy atom. The zero-order valence-corrected chi connectivity index (χ0v) is 7.01. The normalized spacial score (nSPS) is 11.0. The summed E-state index contributed by atoms with van der Waals surface area (Å²) in [6, 6.07) is 0. The SMILES string of the molecule is COC(=O)C=C(C)CC(C)=O. The lowest BCUT2D eigenvalue weighted by Crippen LogP contribution is -1.98. The van der Waals surface area contributed by atoms with Gasteiger partial charge in [0, 0.05) is 12.5 Å². The largest absolute Gasteiger partial charge is 0.466 e. The number of carbonyl (C=O) groups excluding carboxylic acids is 2. The summed E-state index contributed by atoms with van der Waals surface area (Å²) in [7, 11) is 1.31. The number of ether oxygens (including phenoxy) is 1. The number of ketones is 1. The summed E-state index contributed by atoms with van der Waals surface area (Å²) in [6.45, 7) is 3.20. The van der Waals surface area contributed by atoms with Gasteiger partial charge in [0.15, 0.2) is 0 Å². The van der Waals surface area contributed by atoms with Crippen molar-refractivity contribution in [3.05, 3.63) is 11.6 Å². The van der Waals surface area contributed by atoms with Gasteiger partial charge >= 0.3 is 5.97 Å². The lowest BCUT2D eigenvalue weighted by Gasteiger charge is -1.95. The molecule has 0 aliphatic heterocycles. The summed E-state index contributed by atoms with van der Waals surface area (Å²) in [5.41, 5.74) is 0.726. The highest BCUT2D eigenvalue weighted by molar-refractivity contribution is 5.85. The molecule has 3 heteroatoms. The minimum absolute atomic E-state index is 0.0441. The van der Waals surface area contributed by atoms with Gasteiger partial charge in [0.25, 0.3) is 0 Å². The van der Waals surface area contributed by atoms with E-state index in [1.807, 2.05) is 0 Å². The average Bonchev–Trinajstić information content (AvgIpc) is 1.85. The summed E-state index contributed by atoms with van der Waals surface area (Å²) < 4.78 is 4.38. The standard InChI is InChI=1S/C8H12O3/c1-6(4-7(2)9)5-8(10)11-3/h5H,4H2,1-3H3. The highest BCUT2D eigenvalue weighted by Crippen LogP contribution is 2.00. The van der Waals surface area contributed by atoms with Gasteiger partial charge in [-0.15, -0.1) is 0 Å². The molecule has 3 nitrogen and oxygen atoms in total. The number of allylic oxidation sites excluding steroid dienone is 1. The molecular formula is C8H12O3. The fourth-order valence-corrected chi connectivity index (χ4v) is 0.704. The quantitative estimate of drug-likeness (QED) is 0.453. The zero-order chi connectivity index (χ0) is 8.85. The van der Waals surface area contributed by atoms with Crippen molar-refractivity contribution in [2.45, 2.75) is 20.3 Å². The fourth-order valence-electron chi connectivity index (χ4n) is 0.704. The van der Waals surface area contributed by atoms with E-state index in [4.69, 9.17) is 0 Å². The van der Waals surface area contributed by atoms with Crippen LogP contribution in [0.4, 0.5) is 0 Å². The molecule has 0 saturated heterocycles. The van der Waals surface area contributed by atoms with Gasteiger partial charge in [-0.05, 0) is 13.8 Å². The van der Waals surface area contributed by atoms with Gasteiger partial charge in [-0.3, -0.25) is 4.79 Å². The smallest absolute Gasteiger partial charge is 0.330 e. The van der Waals surface area contributed by atoms with E-state index in [1.165, 1.54) is 20.1 Å². The molecule has 0 aliphatic rings. The van der Waals surface area contributed by atoms with E-state index >= 15 is 0 Å². The van der Waals surface area contributed by atoms with Gasteiger partial charge in [0.05, 0.1) is 7.11 Å². The second-order valence-electron chi connectivity index (χ2n) is 2.39. The van der Waals surface area contributed by atoms with Crippen molar-refractivity contribution in [3.8, 4) is 0 Å². The molecule has 0 amide bonds. The van der Waals surface area contributed by atoms with Crippen LogP contribution >= 0.6 is 0 Å². The van der Waals surface area contributed by atoms with Crippen LogP contribution in [0.25, 0.3) is 0 Å². The average molecular weight is 156 g/mol. The number of rotatable bonds is 3. The number of Topliss-reactive ketones (excluding diaryl/α,β-unsaturated/α-hetero) is 1. The molecule has 0 aromatic heterocycles. The third-order valence-corrected chi connectivity index (χ3v) is 1.09. The number of esters is 1. The molecule has 0 rings (SSSR count). The van der Waals surface area contributed by atoms with Gasteiger partial charge in [0.2, 0.25) is 0 Å². The van der Waals surface area contributed by atoms with Crippen LogP contribution in [0.2, 0.25) is 0 Å². The van der Waals surface area contributed by atoms with Gasteiger partial charge < -0.3 is 4.74 Å². The summed E-state index contributed by atoms with van der Waals surface area (Å²) in [6.07, 6.45) is 1.64. The van der Waals surface area contributed by atoms with Crippen LogP contribution in [0.1, 0.15) is 20.3 Å². The Morgan fingerprint density at radius 3 is 2.27 bits per heavy atom. The lowest BCUT2D eigenvalue weighted by atomic mass is 10.1. The molecule has 0 aliphatic carbocycles. The topological polar surface area (TPSA) is 43.4 Å². The molecule has 0 radical (unpaired) electrons. The summed E-state index contributed by atoms with van der Waals surface area (Å²) in [5, 5.41) is 0. The molecule has 0 bridgehead atoms. The molecule has 0 N–H and O–H groups in total. The van der Waals surface area contributed by atoms with E-state index in [2.05, 4.69) is 4.74 Å². The Bertz CT molecular complexity index is 192. The molecule has 0 unspecified atom stereocenters. The summed E-state index contributed by atoms with van der Waals surface area (Å²) in [4.78, 5) is 21.1. The van der Waals surface area contributed by atoms with Crippen LogP contribution in [-0.4, -0.2) is 18.9 Å². The number of hydrogen-bond acceptors (Lipinski definition) is 3. The Morgan fingerprint density at radius 1 is 1.36 bits per heavy atom. The predicted octanol–water partition coefficient (Wildman–Crippen LogP) is 1.08. The minimum Gasteiger partial charge on any atom is -0.466 e. The highest BCUT2D eigenvalue weighted by Gasteiger charge is 1.98. The lowest BCUT2D eigenvalue weighted by molar-refractivity contribution is -0.134. The zero-order valence-electron chi connectivity index (χ0n) is 7.01. The third-order valence-electron chi connectivity index (χ3n) is 1.09. The van der Waals surface area contributed by atoms with Crippen molar-refractivity contribution in [1.29, 1.82) is 0 Å². The second-order valence-corrected chi connectivity index (χ2v) is 2.39. The maximum atomic E-state index is 10.6. The maximum Gasteiger partial charge on any atom is 0.330 e. The van der Waals surface area contributed by atoms with E-state index in [-0.39, 0.29) is 5.78 Å². The van der Waals surface area contributed by atoms with Gasteiger partial charge in [-0.25, -0.2) is 4.79 Å². The molecule has 0 spiro atoms. The van der Waals surface area contributed by atoms with Crippen LogP contribution in [-0.2, 0) is 14.3 Å². The monoisotopic (exact) mass is 156 g/mol. The molecule has 11 heavy (non-hydrogen) atoms. The van der Waals surface area contributed by atoms with Crippen molar-refractivity contribution < 1.29 is 14.3 Å². The van der Waals surface area contributed by atoms with Crippen molar-refractivity contribution in [2.24, 2.45) is 0 Å². The Labute approximate surface area is 66.0 Å². The Kier molecular flexibility index (Phi) is 4.18. The van der Waals surface area contributed by atoms with E-state index in [1.54, 1.807) is 6.92 Å². The molecule has 0 saturated carbocycles. The van der Waals surface area contributed by atoms with Gasteiger partial charge in [-0.1, -0.05) is 5.57 Å². The van der Waals surface area contributed by atoms with Crippen LogP contribution in [0, 0.1) is 0 Å². The van der Waals surface area contributed by atoms with Crippen LogP contribution in [0.5, 0.6) is 0 Å². The van der Waals surface area contributed by atoms with E-state index < -0.39 is 5.97 Å². The highest BCUT2D eigenvalue weighted by atomic mass is 16.5. The minimum atomic E-state index is -0.413. The predicted molar refractivity (Wildman–Crippen MR) is 41.1 cm³/mol. The van der Waals surface area contributed by atoms with Crippen LogP contribution in [0.15, 0.2) is 11.6 Å². The van der Waals surface area contributed by atoms with Crippen molar-refractivity contribution in [1.82, 2.24) is 0 Å². The maximum absolute atomic E-state index is 10.6. The molecule has 0 aromatic rings. The first kappa shape index (κ1) is 9.88. The Balaban J connectivity index is 4.00. The number of methoxy groups -OCH3 is 1. The molecule has 0 atom stereocenters. The molecule has 0 heterocycles. The molecular weight excluding hydrogens is 144 g/mol. The number of hydrogen-bond donors (Lipinski definition) is 0. The van der Waals surface area contributed by atoms with E-state index in [0.29, 0.717) is 6.42 Å². The first-order chi connectivity index (χ1) is 5.06. The van der Waals surface area contributed by atoms with Gasteiger partial charge in [-0.2, -0.15) is 0 Å². The second kappa shape index (κ2) is 4.66. The van der Waals surface area contributed by atoms with Crippen LogP contribution in [0.3, 0.4) is 0 Å². The number of carbonyl (C=O) groups is 2. The molecule has 0 aromatic carbocycles. The Hall–Kier alpha value is -1.12. The molecule has 62 valence electrons.